The predicted molar refractivity (Wildman–Crippen MR) is 76.4 cm³/mol. The molecule has 1 heterocycles. The Morgan fingerprint density at radius 3 is 2.70 bits per heavy atom. The third kappa shape index (κ3) is 3.20. The van der Waals surface area contributed by atoms with Gasteiger partial charge in [0.05, 0.1) is 12.2 Å². The molecule has 1 aromatic heterocycles. The fourth-order valence-corrected chi connectivity index (χ4v) is 3.16. The first kappa shape index (κ1) is 15.0. The van der Waals surface area contributed by atoms with E-state index in [1.54, 1.807) is 13.1 Å². The lowest BCUT2D eigenvalue weighted by Crippen LogP contribution is -2.13. The maximum atomic E-state index is 13.6. The summed E-state index contributed by atoms with van der Waals surface area (Å²) in [6.45, 7) is 0.402. The zero-order chi connectivity index (χ0) is 14.8. The number of para-hydroxylation sites is 1. The van der Waals surface area contributed by atoms with E-state index in [9.17, 15) is 12.8 Å². The molecule has 8 heteroatoms. The van der Waals surface area contributed by atoms with E-state index in [-0.39, 0.29) is 10.8 Å². The fraction of sp³-hybridized carbons (Fsp3) is 0.167. The Balaban J connectivity index is 2.31. The van der Waals surface area contributed by atoms with Crippen molar-refractivity contribution < 1.29 is 17.2 Å². The topological polar surface area (TPSA) is 71.3 Å². The van der Waals surface area contributed by atoms with Gasteiger partial charge in [0.1, 0.15) is 11.6 Å². The highest BCUT2D eigenvalue weighted by atomic mass is 79.9. The normalized spacial score (nSPS) is 11.6. The van der Waals surface area contributed by atoms with Crippen molar-refractivity contribution in [1.29, 1.82) is 0 Å². The van der Waals surface area contributed by atoms with Crippen LogP contribution in [0.25, 0.3) is 0 Å². The van der Waals surface area contributed by atoms with E-state index >= 15 is 0 Å². The van der Waals surface area contributed by atoms with Gasteiger partial charge in [-0.05, 0) is 47.2 Å². The lowest BCUT2D eigenvalue weighted by atomic mass is 10.3. The molecule has 2 rings (SSSR count). The molecule has 0 radical (unpaired) electrons. The van der Waals surface area contributed by atoms with E-state index in [4.69, 9.17) is 4.42 Å². The van der Waals surface area contributed by atoms with Gasteiger partial charge in [0.2, 0.25) is 5.09 Å². The Morgan fingerprint density at radius 1 is 1.30 bits per heavy atom. The molecule has 1 aromatic carbocycles. The number of benzene rings is 1. The van der Waals surface area contributed by atoms with Crippen molar-refractivity contribution in [1.82, 2.24) is 5.32 Å². The molecule has 0 aliphatic heterocycles. The highest BCUT2D eigenvalue weighted by molar-refractivity contribution is 9.10. The van der Waals surface area contributed by atoms with Crippen LogP contribution in [0.5, 0.6) is 0 Å². The zero-order valence-corrected chi connectivity index (χ0v) is 12.9. The van der Waals surface area contributed by atoms with Crippen molar-refractivity contribution >= 4 is 31.6 Å². The number of halogens is 2. The van der Waals surface area contributed by atoms with E-state index in [1.807, 2.05) is 0 Å². The van der Waals surface area contributed by atoms with Crippen LogP contribution >= 0.6 is 15.9 Å². The van der Waals surface area contributed by atoms with E-state index in [1.165, 1.54) is 18.2 Å². The fourth-order valence-electron chi connectivity index (χ4n) is 1.55. The van der Waals surface area contributed by atoms with Crippen LogP contribution in [0.1, 0.15) is 5.76 Å². The number of hydrogen-bond acceptors (Lipinski definition) is 4. The first-order chi connectivity index (χ1) is 9.44. The second-order valence-corrected chi connectivity index (χ2v) is 6.42. The van der Waals surface area contributed by atoms with E-state index in [0.717, 1.165) is 6.07 Å². The molecule has 0 fully saturated rings. The quantitative estimate of drug-likeness (QED) is 0.857. The van der Waals surface area contributed by atoms with Crippen molar-refractivity contribution in [3.05, 3.63) is 46.4 Å². The number of furan rings is 1. The van der Waals surface area contributed by atoms with Crippen LogP contribution in [0.15, 0.2) is 44.3 Å². The molecule has 2 aromatic rings. The van der Waals surface area contributed by atoms with Gasteiger partial charge in [-0.25, -0.2) is 4.39 Å². The van der Waals surface area contributed by atoms with Gasteiger partial charge in [-0.15, -0.1) is 0 Å². The van der Waals surface area contributed by atoms with Crippen molar-refractivity contribution in [3.63, 3.8) is 0 Å². The molecule has 0 unspecified atom stereocenters. The average Bonchev–Trinajstić information content (AvgIpc) is 2.84. The predicted octanol–water partition coefficient (Wildman–Crippen LogP) is 2.70. The summed E-state index contributed by atoms with van der Waals surface area (Å²) in [5.74, 6) is -0.203. The third-order valence-corrected chi connectivity index (χ3v) is 4.33. The Labute approximate surface area is 124 Å². The number of nitrogens with one attached hydrogen (secondary N) is 2. The molecule has 0 aliphatic rings. The summed E-state index contributed by atoms with van der Waals surface area (Å²) in [6, 6.07) is 7.03. The Bertz CT molecular complexity index is 695. The monoisotopic (exact) mass is 362 g/mol. The van der Waals surface area contributed by atoms with Gasteiger partial charge in [0, 0.05) is 4.47 Å². The molecular weight excluding hydrogens is 351 g/mol. The molecule has 0 atom stereocenters. The summed E-state index contributed by atoms with van der Waals surface area (Å²) in [5, 5.41) is 2.57. The Hall–Kier alpha value is -1.38. The maximum absolute atomic E-state index is 13.6. The van der Waals surface area contributed by atoms with Crippen LogP contribution in [0.3, 0.4) is 0 Å². The minimum atomic E-state index is -3.97. The highest BCUT2D eigenvalue weighted by Gasteiger charge is 2.21. The third-order valence-electron chi connectivity index (χ3n) is 2.45. The van der Waals surface area contributed by atoms with Gasteiger partial charge in [-0.3, -0.25) is 4.72 Å². The second kappa shape index (κ2) is 5.94. The maximum Gasteiger partial charge on any atom is 0.295 e. The minimum absolute atomic E-state index is 0.154. The molecule has 5 nitrogen and oxygen atoms in total. The highest BCUT2D eigenvalue weighted by Crippen LogP contribution is 2.28. The van der Waals surface area contributed by atoms with E-state index in [0.29, 0.717) is 16.8 Å². The van der Waals surface area contributed by atoms with Gasteiger partial charge in [0.25, 0.3) is 10.0 Å². The van der Waals surface area contributed by atoms with Crippen molar-refractivity contribution in [2.75, 3.05) is 11.8 Å². The first-order valence-electron chi connectivity index (χ1n) is 5.64. The zero-order valence-electron chi connectivity index (χ0n) is 10.5. The SMILES string of the molecule is CNCc1ccc(S(=O)(=O)Nc2c(F)cccc2Br)o1. The first-order valence-corrected chi connectivity index (χ1v) is 7.92. The van der Waals surface area contributed by atoms with Crippen LogP contribution in [0.4, 0.5) is 10.1 Å². The molecule has 2 N–H and O–H groups in total. The molecular formula is C12H12BrFN2O3S. The summed E-state index contributed by atoms with van der Waals surface area (Å²) >= 11 is 3.09. The van der Waals surface area contributed by atoms with Gasteiger partial charge in [-0.2, -0.15) is 8.42 Å². The molecule has 20 heavy (non-hydrogen) atoms. The smallest absolute Gasteiger partial charge is 0.295 e. The number of hydrogen-bond donors (Lipinski definition) is 2. The van der Waals surface area contributed by atoms with Crippen LogP contribution in [-0.4, -0.2) is 15.5 Å². The molecule has 108 valence electrons. The van der Waals surface area contributed by atoms with Gasteiger partial charge in [-0.1, -0.05) is 6.07 Å². The summed E-state index contributed by atoms with van der Waals surface area (Å²) < 4.78 is 45.5. The van der Waals surface area contributed by atoms with Crippen LogP contribution < -0.4 is 10.0 Å². The van der Waals surface area contributed by atoms with E-state index in [2.05, 4.69) is 26.0 Å². The van der Waals surface area contributed by atoms with Crippen molar-refractivity contribution in [3.8, 4) is 0 Å². The van der Waals surface area contributed by atoms with E-state index < -0.39 is 15.8 Å². The van der Waals surface area contributed by atoms with Gasteiger partial charge in [0.15, 0.2) is 0 Å². The second-order valence-electron chi connectivity index (χ2n) is 3.95. The number of anilines is 1. The molecule has 0 aliphatic carbocycles. The van der Waals surface area contributed by atoms with Gasteiger partial charge < -0.3 is 9.73 Å². The minimum Gasteiger partial charge on any atom is -0.446 e. The molecule has 0 saturated heterocycles. The molecule has 0 spiro atoms. The Kier molecular flexibility index (Phi) is 4.46. The molecule has 0 bridgehead atoms. The largest absolute Gasteiger partial charge is 0.446 e. The number of sulfonamides is 1. The summed E-state index contributed by atoms with van der Waals surface area (Å²) in [6.07, 6.45) is 0. The lowest BCUT2D eigenvalue weighted by Gasteiger charge is -2.08. The van der Waals surface area contributed by atoms with Crippen LogP contribution in [-0.2, 0) is 16.6 Å². The summed E-state index contributed by atoms with van der Waals surface area (Å²) in [5.41, 5.74) is -0.154. The average molecular weight is 363 g/mol. The van der Waals surface area contributed by atoms with Gasteiger partial charge >= 0.3 is 0 Å². The molecule has 0 saturated carbocycles. The summed E-state index contributed by atoms with van der Waals surface area (Å²) in [7, 11) is -2.26. The Morgan fingerprint density at radius 2 is 2.05 bits per heavy atom. The van der Waals surface area contributed by atoms with Crippen molar-refractivity contribution in [2.45, 2.75) is 11.6 Å². The standard InChI is InChI=1S/C12H12BrFN2O3S/c1-15-7-8-5-6-11(19-8)20(17,18)16-12-9(13)3-2-4-10(12)14/h2-6,15-16H,7H2,1H3. The summed E-state index contributed by atoms with van der Waals surface area (Å²) in [4.78, 5) is 0. The molecule has 0 amide bonds. The van der Waals surface area contributed by atoms with Crippen LogP contribution in [0.2, 0.25) is 0 Å². The van der Waals surface area contributed by atoms with Crippen LogP contribution in [0, 0.1) is 5.82 Å². The lowest BCUT2D eigenvalue weighted by molar-refractivity contribution is 0.408. The van der Waals surface area contributed by atoms with Crippen molar-refractivity contribution in [2.24, 2.45) is 0 Å². The number of rotatable bonds is 5.